The number of halogens is 5. The van der Waals surface area contributed by atoms with Crippen LogP contribution in [0, 0.1) is 11.8 Å². The average Bonchev–Trinajstić information content (AvgIpc) is 3.32. The van der Waals surface area contributed by atoms with E-state index in [1.54, 1.807) is 43.3 Å². The number of alkyl halides is 3. The Morgan fingerprint density at radius 2 is 1.75 bits per heavy atom. The number of piperidine rings is 1. The monoisotopic (exact) mass is 672 g/mol. The number of hydrogen-bond acceptors (Lipinski definition) is 8. The summed E-state index contributed by atoms with van der Waals surface area (Å²) in [6.45, 7) is 4.48. The number of hydrogen-bond donors (Lipinski definition) is 2. The van der Waals surface area contributed by atoms with Gasteiger partial charge in [0.15, 0.2) is 11.3 Å². The van der Waals surface area contributed by atoms with Gasteiger partial charge in [0.25, 0.3) is 10.1 Å². The largest absolute Gasteiger partial charge is 0.437 e. The van der Waals surface area contributed by atoms with E-state index in [1.807, 2.05) is 4.90 Å². The molecule has 2 aromatic carbocycles. The molecule has 0 amide bonds. The smallest absolute Gasteiger partial charge is 0.355 e. The Bertz CT molecular complexity index is 1740. The molecule has 0 unspecified atom stereocenters. The Kier molecular flexibility index (Phi) is 9.40. The second-order valence-electron chi connectivity index (χ2n) is 10.8. The Morgan fingerprint density at radius 1 is 1.05 bits per heavy atom. The third-order valence-corrected chi connectivity index (χ3v) is 9.25. The minimum Gasteiger partial charge on any atom is -0.355 e. The van der Waals surface area contributed by atoms with Crippen LogP contribution in [0.25, 0.3) is 11.2 Å². The molecule has 2 atom stereocenters. The number of fused-ring (bicyclic) bond motifs is 1. The van der Waals surface area contributed by atoms with Crippen molar-refractivity contribution in [1.82, 2.24) is 24.8 Å². The van der Waals surface area contributed by atoms with Gasteiger partial charge in [-0.15, -0.1) is 0 Å². The van der Waals surface area contributed by atoms with Crippen LogP contribution >= 0.6 is 23.2 Å². The van der Waals surface area contributed by atoms with E-state index in [0.717, 1.165) is 25.9 Å². The predicted molar refractivity (Wildman–Crippen MR) is 159 cm³/mol. The van der Waals surface area contributed by atoms with E-state index >= 15 is 0 Å². The van der Waals surface area contributed by atoms with Crippen LogP contribution in [0.3, 0.4) is 0 Å². The molecule has 2 aliphatic heterocycles. The number of anilines is 1. The van der Waals surface area contributed by atoms with E-state index in [0.29, 0.717) is 46.4 Å². The Hall–Kier alpha value is -3.01. The molecule has 0 bridgehead atoms. The lowest BCUT2D eigenvalue weighted by molar-refractivity contribution is -0.140. The molecule has 2 fully saturated rings. The molecule has 44 heavy (non-hydrogen) atoms. The van der Waals surface area contributed by atoms with Crippen LogP contribution in [-0.2, 0) is 16.3 Å². The number of nitrogens with zero attached hydrogens (tertiary/aromatic N) is 6. The zero-order valence-corrected chi connectivity index (χ0v) is 25.7. The molecule has 2 saturated heterocycles. The van der Waals surface area contributed by atoms with Crippen molar-refractivity contribution in [3.63, 3.8) is 0 Å². The summed E-state index contributed by atoms with van der Waals surface area (Å²) in [5, 5.41) is 15.8. The second kappa shape index (κ2) is 12.8. The lowest BCUT2D eigenvalue weighted by Gasteiger charge is -2.46. The number of rotatable bonds is 5. The minimum atomic E-state index is -4.68. The minimum absolute atomic E-state index is 0.0472. The third-order valence-electron chi connectivity index (χ3n) is 7.82. The van der Waals surface area contributed by atoms with Gasteiger partial charge in [0.1, 0.15) is 11.3 Å². The second-order valence-corrected chi connectivity index (χ2v) is 13.1. The van der Waals surface area contributed by atoms with Crippen LogP contribution in [-0.4, -0.2) is 69.2 Å². The van der Waals surface area contributed by atoms with Crippen molar-refractivity contribution in [2.75, 3.05) is 31.1 Å². The first-order valence-electron chi connectivity index (χ1n) is 13.7. The average molecular weight is 674 g/mol. The summed E-state index contributed by atoms with van der Waals surface area (Å²) in [6, 6.07) is 11.6. The molecule has 236 valence electrons. The number of benzene rings is 2. The number of hydroxylamine groups is 2. The van der Waals surface area contributed by atoms with Gasteiger partial charge in [-0.05, 0) is 61.4 Å². The highest BCUT2D eigenvalue weighted by atomic mass is 35.5. The lowest BCUT2D eigenvalue weighted by Crippen LogP contribution is -2.53. The van der Waals surface area contributed by atoms with Gasteiger partial charge in [-0.3, -0.25) is 4.55 Å². The molecule has 6 rings (SSSR count). The predicted octanol–water partition coefficient (Wildman–Crippen LogP) is 6.23. The van der Waals surface area contributed by atoms with Crippen LogP contribution in [0.5, 0.6) is 0 Å². The molecule has 2 N–H and O–H groups in total. The number of aromatic nitrogens is 4. The van der Waals surface area contributed by atoms with Crippen molar-refractivity contribution in [3.05, 3.63) is 76.0 Å². The topological polar surface area (TPSA) is 125 Å². The maximum absolute atomic E-state index is 13.7. The summed E-state index contributed by atoms with van der Waals surface area (Å²) in [5.74, 6) is 1.29. The van der Waals surface area contributed by atoms with Gasteiger partial charge in [0, 0.05) is 36.2 Å². The molecule has 4 heterocycles. The van der Waals surface area contributed by atoms with E-state index in [1.165, 1.54) is 28.1 Å². The molecule has 2 aliphatic rings. The molecule has 2 aromatic heterocycles. The Balaban J connectivity index is 0.000000328. The zero-order chi connectivity index (χ0) is 31.8. The maximum Gasteiger partial charge on any atom is 0.437 e. The summed E-state index contributed by atoms with van der Waals surface area (Å²) >= 11 is 12.3. The van der Waals surface area contributed by atoms with Crippen LogP contribution in [0.2, 0.25) is 10.0 Å². The van der Waals surface area contributed by atoms with E-state index in [-0.39, 0.29) is 16.1 Å². The fourth-order valence-corrected chi connectivity index (χ4v) is 6.52. The van der Waals surface area contributed by atoms with E-state index in [9.17, 15) is 26.8 Å². The normalized spacial score (nSPS) is 18.9. The molecule has 10 nitrogen and oxygen atoms in total. The van der Waals surface area contributed by atoms with Crippen molar-refractivity contribution in [2.45, 2.75) is 36.9 Å². The van der Waals surface area contributed by atoms with Gasteiger partial charge in [0.2, 0.25) is 0 Å². The highest BCUT2D eigenvalue weighted by molar-refractivity contribution is 7.85. The molecule has 16 heteroatoms. The Labute approximate surface area is 261 Å². The van der Waals surface area contributed by atoms with Gasteiger partial charge >= 0.3 is 6.18 Å². The van der Waals surface area contributed by atoms with Gasteiger partial charge in [0.05, 0.1) is 17.1 Å². The molecular weight excluding hydrogens is 644 g/mol. The highest BCUT2D eigenvalue weighted by Crippen LogP contribution is 2.38. The summed E-state index contributed by atoms with van der Waals surface area (Å²) in [5.41, 5.74) is -0.754. The highest BCUT2D eigenvalue weighted by Gasteiger charge is 2.40. The van der Waals surface area contributed by atoms with Crippen molar-refractivity contribution < 1.29 is 31.3 Å². The first-order chi connectivity index (χ1) is 20.7. The summed E-state index contributed by atoms with van der Waals surface area (Å²) in [6.07, 6.45) is -1.30. The van der Waals surface area contributed by atoms with Gasteiger partial charge in [-0.1, -0.05) is 47.5 Å². The summed E-state index contributed by atoms with van der Waals surface area (Å²) in [7, 11) is -4.00. The lowest BCUT2D eigenvalue weighted by atomic mass is 9.81. The van der Waals surface area contributed by atoms with Crippen molar-refractivity contribution in [2.24, 2.45) is 11.8 Å². The van der Waals surface area contributed by atoms with Crippen LogP contribution in [0.15, 0.2) is 59.6 Å². The first kappa shape index (κ1) is 32.4. The first-order valence-corrected chi connectivity index (χ1v) is 15.9. The van der Waals surface area contributed by atoms with Crippen LogP contribution in [0.1, 0.15) is 37.1 Å². The van der Waals surface area contributed by atoms with E-state index < -0.39 is 28.0 Å². The van der Waals surface area contributed by atoms with Crippen molar-refractivity contribution in [3.8, 4) is 0 Å². The van der Waals surface area contributed by atoms with Crippen molar-refractivity contribution in [1.29, 1.82) is 0 Å². The fourth-order valence-electron chi connectivity index (χ4n) is 5.45. The van der Waals surface area contributed by atoms with Crippen LogP contribution in [0.4, 0.5) is 19.0 Å². The Morgan fingerprint density at radius 3 is 2.34 bits per heavy atom. The van der Waals surface area contributed by atoms with Gasteiger partial charge in [-0.2, -0.15) is 31.8 Å². The van der Waals surface area contributed by atoms with Gasteiger partial charge < -0.3 is 10.1 Å². The zero-order valence-electron chi connectivity index (χ0n) is 23.4. The molecule has 0 radical (unpaired) electrons. The van der Waals surface area contributed by atoms with Crippen LogP contribution < -0.4 is 4.90 Å². The summed E-state index contributed by atoms with van der Waals surface area (Å²) in [4.78, 5) is 10.6. The SMILES string of the molecule is C[C@H](c1ccc(Cl)cc1Cl)n1nc(C(F)(F)F)c2ncc(N3CC([C@H]4CCCN(O)C4)C3)nc21.O=S(=O)(O)c1ccccc1. The molecular formula is C28H29Cl2F3N6O4S. The van der Waals surface area contributed by atoms with Gasteiger partial charge in [-0.25, -0.2) is 14.6 Å². The quantitative estimate of drug-likeness (QED) is 0.237. The standard InChI is InChI=1S/C22H23Cl2F3N6O.C6H6O3S/c1-12(16-5-4-15(23)7-17(16)24)33-21-19(20(30-33)22(25,26)27)28-8-18(29-21)31-9-14(10-31)13-3-2-6-32(34)11-13;7-10(8,9)6-4-2-1-3-5-6/h4-5,7-8,12-14,34H,2-3,6,9-11H2,1H3;1-5H,(H,7,8,9)/t12-,13+;/m1./s1. The molecule has 0 saturated carbocycles. The van der Waals surface area contributed by atoms with E-state index in [2.05, 4.69) is 15.1 Å². The third kappa shape index (κ3) is 7.11. The molecule has 0 aliphatic carbocycles. The van der Waals surface area contributed by atoms with E-state index in [4.69, 9.17) is 27.8 Å². The molecule has 4 aromatic rings. The summed E-state index contributed by atoms with van der Waals surface area (Å²) < 4.78 is 71.7. The maximum atomic E-state index is 13.7. The molecule has 0 spiro atoms. The fraction of sp³-hybridized carbons (Fsp3) is 0.393. The van der Waals surface area contributed by atoms with Crippen molar-refractivity contribution >= 4 is 50.3 Å².